The van der Waals surface area contributed by atoms with Crippen LogP contribution in [-0.2, 0) is 5.41 Å². The van der Waals surface area contributed by atoms with Gasteiger partial charge >= 0.3 is 0 Å². The van der Waals surface area contributed by atoms with E-state index < -0.39 is 0 Å². The molecular formula is C29H28S4. The van der Waals surface area contributed by atoms with Crippen molar-refractivity contribution in [2.24, 2.45) is 0 Å². The third-order valence-electron chi connectivity index (χ3n) is 6.41. The standard InChI is InChI=1S/C29H28S4/c1-3-16-29(2,19-12-14-27(32)23(17-19)21-8-4-6-10-25(21)30)20-13-15-28(33)24(18-20)22-9-5-7-11-26(22)31/h4-15,17-18,30-33H,3,16H2,1-2H3. The zero-order valence-electron chi connectivity index (χ0n) is 18.8. The highest BCUT2D eigenvalue weighted by Crippen LogP contribution is 2.43. The van der Waals surface area contributed by atoms with Gasteiger partial charge in [0.25, 0.3) is 0 Å². The Morgan fingerprint density at radius 3 is 1.33 bits per heavy atom. The summed E-state index contributed by atoms with van der Waals surface area (Å²) >= 11 is 18.9. The smallest absolute Gasteiger partial charge is 0.0175 e. The predicted octanol–water partition coefficient (Wildman–Crippen LogP) is 9.28. The van der Waals surface area contributed by atoms with E-state index in [4.69, 9.17) is 50.5 Å². The highest BCUT2D eigenvalue weighted by atomic mass is 32.1. The van der Waals surface area contributed by atoms with Gasteiger partial charge in [-0.25, -0.2) is 0 Å². The zero-order chi connectivity index (χ0) is 23.6. The van der Waals surface area contributed by atoms with Gasteiger partial charge in [0.1, 0.15) is 0 Å². The number of hydrogen-bond donors (Lipinski definition) is 4. The van der Waals surface area contributed by atoms with Gasteiger partial charge in [-0.05, 0) is 76.2 Å². The molecule has 4 rings (SSSR count). The lowest BCUT2D eigenvalue weighted by atomic mass is 9.72. The molecule has 0 atom stereocenters. The van der Waals surface area contributed by atoms with Crippen molar-refractivity contribution in [2.75, 3.05) is 0 Å². The van der Waals surface area contributed by atoms with Crippen molar-refractivity contribution >= 4 is 50.5 Å². The monoisotopic (exact) mass is 504 g/mol. The summed E-state index contributed by atoms with van der Waals surface area (Å²) in [6, 6.07) is 29.6. The van der Waals surface area contributed by atoms with Crippen molar-refractivity contribution in [3.05, 3.63) is 96.1 Å². The van der Waals surface area contributed by atoms with Gasteiger partial charge in [-0.15, -0.1) is 50.5 Å². The molecule has 33 heavy (non-hydrogen) atoms. The summed E-state index contributed by atoms with van der Waals surface area (Å²) in [7, 11) is 0. The Kier molecular flexibility index (Phi) is 7.59. The normalized spacial score (nSPS) is 11.6. The van der Waals surface area contributed by atoms with Crippen LogP contribution < -0.4 is 0 Å². The maximum Gasteiger partial charge on any atom is 0.0175 e. The van der Waals surface area contributed by atoms with E-state index >= 15 is 0 Å². The molecule has 0 bridgehead atoms. The molecule has 0 nitrogen and oxygen atoms in total. The molecule has 0 saturated heterocycles. The molecule has 0 radical (unpaired) electrons. The fraction of sp³-hybridized carbons (Fsp3) is 0.172. The minimum Gasteiger partial charge on any atom is -0.143 e. The summed E-state index contributed by atoms with van der Waals surface area (Å²) in [5.74, 6) is 0. The summed E-state index contributed by atoms with van der Waals surface area (Å²) in [6.07, 6.45) is 2.09. The van der Waals surface area contributed by atoms with Crippen LogP contribution in [0.1, 0.15) is 37.8 Å². The van der Waals surface area contributed by atoms with Crippen LogP contribution in [0.5, 0.6) is 0 Å². The van der Waals surface area contributed by atoms with E-state index in [-0.39, 0.29) is 5.41 Å². The van der Waals surface area contributed by atoms with E-state index in [0.717, 1.165) is 54.7 Å². The molecule has 0 saturated carbocycles. The third-order valence-corrected chi connectivity index (χ3v) is 7.97. The van der Waals surface area contributed by atoms with Crippen LogP contribution in [0.2, 0.25) is 0 Å². The topological polar surface area (TPSA) is 0 Å². The first-order chi connectivity index (χ1) is 15.8. The van der Waals surface area contributed by atoms with E-state index in [1.165, 1.54) is 11.1 Å². The molecule has 0 aliphatic rings. The molecule has 168 valence electrons. The number of rotatable bonds is 6. The predicted molar refractivity (Wildman–Crippen MR) is 154 cm³/mol. The minimum atomic E-state index is -0.168. The van der Waals surface area contributed by atoms with Gasteiger partial charge in [-0.3, -0.25) is 0 Å². The lowest BCUT2D eigenvalue weighted by Crippen LogP contribution is -2.23. The van der Waals surface area contributed by atoms with Crippen LogP contribution in [0.15, 0.2) is 105 Å². The van der Waals surface area contributed by atoms with Crippen LogP contribution in [0, 0.1) is 0 Å². The SMILES string of the molecule is CCCC(C)(c1ccc(S)c(-c2ccccc2S)c1)c1ccc(S)c(-c2ccccc2S)c1. The van der Waals surface area contributed by atoms with Crippen LogP contribution >= 0.6 is 50.5 Å². The second-order valence-corrected chi connectivity index (χ2v) is 10.5. The summed E-state index contributed by atoms with van der Waals surface area (Å²) in [5.41, 5.74) is 6.78. The molecule has 4 aromatic carbocycles. The van der Waals surface area contributed by atoms with Gasteiger partial charge in [-0.1, -0.05) is 68.8 Å². The second-order valence-electron chi connectivity index (χ2n) is 8.58. The molecule has 0 amide bonds. The van der Waals surface area contributed by atoms with Crippen molar-refractivity contribution in [2.45, 2.75) is 51.7 Å². The lowest BCUT2D eigenvalue weighted by molar-refractivity contribution is 0.511. The van der Waals surface area contributed by atoms with E-state index in [9.17, 15) is 0 Å². The first-order valence-electron chi connectivity index (χ1n) is 11.1. The highest BCUT2D eigenvalue weighted by Gasteiger charge is 2.29. The molecular weight excluding hydrogens is 477 g/mol. The third kappa shape index (κ3) is 4.90. The zero-order valence-corrected chi connectivity index (χ0v) is 22.4. The molecule has 0 spiro atoms. The van der Waals surface area contributed by atoms with Crippen LogP contribution in [-0.4, -0.2) is 0 Å². The Morgan fingerprint density at radius 1 is 0.545 bits per heavy atom. The summed E-state index contributed by atoms with van der Waals surface area (Å²) in [6.45, 7) is 4.58. The van der Waals surface area contributed by atoms with Gasteiger partial charge < -0.3 is 0 Å². The number of thiol groups is 4. The summed E-state index contributed by atoms with van der Waals surface area (Å²) in [4.78, 5) is 3.81. The van der Waals surface area contributed by atoms with E-state index in [1.54, 1.807) is 0 Å². The first-order valence-corrected chi connectivity index (χ1v) is 12.9. The van der Waals surface area contributed by atoms with Crippen molar-refractivity contribution in [1.82, 2.24) is 0 Å². The van der Waals surface area contributed by atoms with Gasteiger partial charge in [0.2, 0.25) is 0 Å². The quantitative estimate of drug-likeness (QED) is 0.185. The molecule has 0 N–H and O–H groups in total. The van der Waals surface area contributed by atoms with Crippen LogP contribution in [0.4, 0.5) is 0 Å². The molecule has 0 aliphatic carbocycles. The van der Waals surface area contributed by atoms with Crippen molar-refractivity contribution in [3.8, 4) is 22.3 Å². The van der Waals surface area contributed by atoms with Gasteiger partial charge in [0.05, 0.1) is 0 Å². The molecule has 0 aliphatic heterocycles. The van der Waals surface area contributed by atoms with Crippen LogP contribution in [0.25, 0.3) is 22.3 Å². The Morgan fingerprint density at radius 2 is 0.939 bits per heavy atom. The summed E-state index contributed by atoms with van der Waals surface area (Å²) in [5, 5.41) is 0. The lowest BCUT2D eigenvalue weighted by Gasteiger charge is -2.32. The molecule has 0 fully saturated rings. The number of benzene rings is 4. The van der Waals surface area contributed by atoms with Gasteiger partial charge in [0, 0.05) is 25.0 Å². The van der Waals surface area contributed by atoms with E-state index in [1.807, 2.05) is 36.4 Å². The Labute approximate surface area is 219 Å². The summed E-state index contributed by atoms with van der Waals surface area (Å²) < 4.78 is 0. The average Bonchev–Trinajstić information content (AvgIpc) is 2.81. The highest BCUT2D eigenvalue weighted by molar-refractivity contribution is 7.81. The average molecular weight is 505 g/mol. The molecule has 0 aromatic heterocycles. The molecule has 0 unspecified atom stereocenters. The van der Waals surface area contributed by atoms with E-state index in [2.05, 4.69) is 62.4 Å². The largest absolute Gasteiger partial charge is 0.143 e. The minimum absolute atomic E-state index is 0.168. The van der Waals surface area contributed by atoms with Crippen molar-refractivity contribution in [3.63, 3.8) is 0 Å². The Balaban J connectivity index is 1.89. The van der Waals surface area contributed by atoms with Crippen LogP contribution in [0.3, 0.4) is 0 Å². The maximum atomic E-state index is 4.78. The Bertz CT molecular complexity index is 1200. The first kappa shape index (κ1) is 24.4. The molecule has 0 heterocycles. The van der Waals surface area contributed by atoms with Crippen molar-refractivity contribution in [1.29, 1.82) is 0 Å². The maximum absolute atomic E-state index is 4.78. The molecule has 4 heteroatoms. The fourth-order valence-electron chi connectivity index (χ4n) is 4.55. The second kappa shape index (κ2) is 10.3. The van der Waals surface area contributed by atoms with Gasteiger partial charge in [0.15, 0.2) is 0 Å². The Hall–Kier alpha value is -1.72. The van der Waals surface area contributed by atoms with E-state index in [0.29, 0.717) is 0 Å². The van der Waals surface area contributed by atoms with Gasteiger partial charge in [-0.2, -0.15) is 0 Å². The fourth-order valence-corrected chi connectivity index (χ4v) is 5.63. The molecule has 4 aromatic rings. The number of hydrogen-bond acceptors (Lipinski definition) is 4. The van der Waals surface area contributed by atoms with Crippen molar-refractivity contribution < 1.29 is 0 Å².